The van der Waals surface area contributed by atoms with Crippen molar-refractivity contribution >= 4 is 52.7 Å². The van der Waals surface area contributed by atoms with Crippen LogP contribution in [0.15, 0.2) is 72.8 Å². The van der Waals surface area contributed by atoms with Gasteiger partial charge in [-0.05, 0) is 111 Å². The first-order valence-electron chi connectivity index (χ1n) is 18.6. The Balaban J connectivity index is 1.24. The van der Waals surface area contributed by atoms with Crippen LogP contribution in [0.4, 0.5) is 10.9 Å². The van der Waals surface area contributed by atoms with Gasteiger partial charge in [-0.15, -0.1) is 0 Å². The fourth-order valence-electron chi connectivity index (χ4n) is 6.25. The maximum Gasteiger partial charge on any atom is 0.358 e. The van der Waals surface area contributed by atoms with Crippen LogP contribution in [0.1, 0.15) is 85.5 Å². The number of para-hydroxylation sites is 1. The summed E-state index contributed by atoms with van der Waals surface area (Å²) in [4.78, 5) is 39.2. The van der Waals surface area contributed by atoms with Gasteiger partial charge in [0.15, 0.2) is 19.1 Å². The van der Waals surface area contributed by atoms with Gasteiger partial charge in [0.25, 0.3) is 5.91 Å². The first-order chi connectivity index (χ1) is 25.5. The molecule has 6 rings (SSSR count). The molecule has 3 heterocycles. The van der Waals surface area contributed by atoms with Crippen molar-refractivity contribution in [3.05, 3.63) is 101 Å². The minimum absolute atomic E-state index is 0.157. The van der Waals surface area contributed by atoms with Crippen LogP contribution in [-0.4, -0.2) is 55.5 Å². The van der Waals surface area contributed by atoms with E-state index in [0.29, 0.717) is 48.4 Å². The highest BCUT2D eigenvalue weighted by Crippen LogP contribution is 2.37. The highest BCUT2D eigenvalue weighted by molar-refractivity contribution is 7.22. The number of pyridine rings is 1. The highest BCUT2D eigenvalue weighted by atomic mass is 32.1. The number of anilines is 2. The van der Waals surface area contributed by atoms with E-state index in [1.807, 2.05) is 94.4 Å². The van der Waals surface area contributed by atoms with Crippen molar-refractivity contribution in [2.24, 2.45) is 0 Å². The molecule has 1 amide bonds. The fourth-order valence-corrected chi connectivity index (χ4v) is 8.20. The Labute approximate surface area is 324 Å². The number of hydrogen-bond donors (Lipinski definition) is 1. The number of thiazole rings is 1. The third-order valence-corrected chi connectivity index (χ3v) is 15.7. The van der Waals surface area contributed by atoms with Crippen molar-refractivity contribution < 1.29 is 23.5 Å². The molecule has 5 aromatic rings. The largest absolute Gasteiger partial charge is 0.493 e. The average Bonchev–Trinajstić information content (AvgIpc) is 3.52. The maximum atomic E-state index is 13.9. The van der Waals surface area contributed by atoms with Crippen molar-refractivity contribution in [2.45, 2.75) is 91.6 Å². The Morgan fingerprint density at radius 1 is 0.889 bits per heavy atom. The summed E-state index contributed by atoms with van der Waals surface area (Å²) in [5.41, 5.74) is 5.46. The topological polar surface area (TPSA) is 103 Å². The van der Waals surface area contributed by atoms with E-state index in [9.17, 15) is 9.59 Å². The van der Waals surface area contributed by atoms with Gasteiger partial charge in [0.05, 0.1) is 16.8 Å². The number of rotatable bonds is 11. The van der Waals surface area contributed by atoms with Crippen LogP contribution in [0.5, 0.6) is 5.75 Å². The molecule has 0 atom stereocenters. The monoisotopic (exact) mass is 764 g/mol. The molecule has 9 nitrogen and oxygen atoms in total. The maximum absolute atomic E-state index is 13.9. The molecule has 1 aliphatic heterocycles. The molecule has 0 bridgehead atoms. The van der Waals surface area contributed by atoms with Gasteiger partial charge in [-0.25, -0.2) is 14.8 Å². The molecular weight excluding hydrogens is 713 g/mol. The Hall–Kier alpha value is -4.58. The molecule has 3 aromatic carbocycles. The fraction of sp³-hybridized carbons (Fsp3) is 0.395. The molecule has 11 heteroatoms. The second-order valence-electron chi connectivity index (χ2n) is 16.4. The van der Waals surface area contributed by atoms with Gasteiger partial charge in [-0.2, -0.15) is 0 Å². The normalized spacial score (nSPS) is 13.5. The molecule has 1 aliphatic rings. The van der Waals surface area contributed by atoms with Gasteiger partial charge in [0, 0.05) is 37.2 Å². The zero-order valence-corrected chi connectivity index (χ0v) is 34.8. The third-order valence-electron chi connectivity index (χ3n) is 10.2. The summed E-state index contributed by atoms with van der Waals surface area (Å²) in [7, 11) is -1.83. The molecule has 0 saturated carbocycles. The quantitative estimate of drug-likeness (QED) is 0.0806. The Bertz CT molecular complexity index is 2130. The number of amides is 1. The lowest BCUT2D eigenvalue weighted by Gasteiger charge is -2.36. The second-order valence-corrected chi connectivity index (χ2v) is 22.2. The molecular formula is C43H52N4O5SSi. The van der Waals surface area contributed by atoms with Gasteiger partial charge >= 0.3 is 5.97 Å². The van der Waals surface area contributed by atoms with Crippen molar-refractivity contribution in [2.75, 3.05) is 30.0 Å². The smallest absolute Gasteiger partial charge is 0.358 e. The highest BCUT2D eigenvalue weighted by Gasteiger charge is 2.37. The molecule has 0 fully saturated rings. The van der Waals surface area contributed by atoms with Crippen LogP contribution in [0.25, 0.3) is 21.3 Å². The van der Waals surface area contributed by atoms with Crippen molar-refractivity contribution in [1.82, 2.24) is 9.97 Å². The van der Waals surface area contributed by atoms with E-state index in [0.717, 1.165) is 51.1 Å². The van der Waals surface area contributed by atoms with Gasteiger partial charge in [-0.3, -0.25) is 10.1 Å². The van der Waals surface area contributed by atoms with Gasteiger partial charge in [-0.1, -0.05) is 68.5 Å². The van der Waals surface area contributed by atoms with Crippen molar-refractivity contribution in [3.63, 3.8) is 0 Å². The van der Waals surface area contributed by atoms with E-state index in [1.165, 1.54) is 11.3 Å². The number of ether oxygens (including phenoxy) is 2. The summed E-state index contributed by atoms with van der Waals surface area (Å²) >= 11 is 1.45. The van der Waals surface area contributed by atoms with Crippen molar-refractivity contribution in [1.29, 1.82) is 0 Å². The number of nitrogens with one attached hydrogen (secondary N) is 1. The van der Waals surface area contributed by atoms with Crippen LogP contribution in [0, 0.1) is 6.92 Å². The predicted octanol–water partition coefficient (Wildman–Crippen LogP) is 10.2. The Morgan fingerprint density at radius 2 is 1.65 bits per heavy atom. The minimum Gasteiger partial charge on any atom is -0.493 e. The molecule has 0 radical (unpaired) electrons. The first-order valence-corrected chi connectivity index (χ1v) is 22.4. The van der Waals surface area contributed by atoms with Crippen LogP contribution in [-0.2, 0) is 22.1 Å². The average molecular weight is 765 g/mol. The van der Waals surface area contributed by atoms with Gasteiger partial charge in [0.1, 0.15) is 17.2 Å². The summed E-state index contributed by atoms with van der Waals surface area (Å²) in [6, 6.07) is 23.5. The zero-order chi connectivity index (χ0) is 38.8. The van der Waals surface area contributed by atoms with E-state index in [-0.39, 0.29) is 16.6 Å². The number of carbonyl (C=O) groups is 2. The lowest BCUT2D eigenvalue weighted by Crippen LogP contribution is -2.41. The van der Waals surface area contributed by atoms with Gasteiger partial charge < -0.3 is 18.8 Å². The molecule has 2 aromatic heterocycles. The summed E-state index contributed by atoms with van der Waals surface area (Å²) in [5, 5.41) is 3.74. The summed E-state index contributed by atoms with van der Waals surface area (Å²) < 4.78 is 19.5. The predicted molar refractivity (Wildman–Crippen MR) is 222 cm³/mol. The number of aromatic nitrogens is 2. The van der Waals surface area contributed by atoms with Crippen LogP contribution < -0.4 is 15.0 Å². The first kappa shape index (κ1) is 39.1. The van der Waals surface area contributed by atoms with Crippen LogP contribution in [0.2, 0.25) is 18.1 Å². The lowest BCUT2D eigenvalue weighted by atomic mass is 9.94. The van der Waals surface area contributed by atoms with E-state index >= 15 is 0 Å². The molecule has 54 heavy (non-hydrogen) atoms. The third kappa shape index (κ3) is 8.85. The molecule has 0 unspecified atom stereocenters. The summed E-state index contributed by atoms with van der Waals surface area (Å²) in [6.45, 7) is 21.1. The number of fused-ring (bicyclic) bond motifs is 2. The van der Waals surface area contributed by atoms with Crippen LogP contribution >= 0.6 is 11.3 Å². The standard InChI is InChI=1S/C43H52N4O5SSi/c1-28-30(16-13-19-35(28)50-25-14-26-51-54(8,9)43(5,6)7)31-21-22-37(45-38(31)40(49)52-42(2,3)4)47-24-23-29-15-12-17-32(33(29)27-47)39(48)46-41-44-34-18-10-11-20-36(34)53-41/h10-13,15-22H,14,23-27H2,1-9H3,(H,44,46,48). The number of nitrogens with zero attached hydrogens (tertiary/aromatic N) is 3. The molecule has 0 aliphatic carbocycles. The van der Waals surface area contributed by atoms with Crippen LogP contribution in [0.3, 0.4) is 0 Å². The SMILES string of the molecule is Cc1c(OCCCO[Si](C)(C)C(C)(C)C)cccc1-c1ccc(N2CCc3cccc(C(=O)Nc4nc5ccccc5s4)c3C2)nc1C(=O)OC(C)(C)C. The number of hydrogen-bond acceptors (Lipinski definition) is 9. The molecule has 0 spiro atoms. The van der Waals surface area contributed by atoms with E-state index in [2.05, 4.69) is 55.1 Å². The second kappa shape index (κ2) is 15.6. The summed E-state index contributed by atoms with van der Waals surface area (Å²) in [5.74, 6) is 0.689. The van der Waals surface area contributed by atoms with E-state index in [1.54, 1.807) is 0 Å². The Morgan fingerprint density at radius 3 is 2.39 bits per heavy atom. The summed E-state index contributed by atoms with van der Waals surface area (Å²) in [6.07, 6.45) is 1.50. The molecule has 1 N–H and O–H groups in total. The number of benzene rings is 3. The minimum atomic E-state index is -1.83. The molecule has 284 valence electrons. The molecule has 0 saturated heterocycles. The van der Waals surface area contributed by atoms with Gasteiger partial charge in [0.2, 0.25) is 0 Å². The lowest BCUT2D eigenvalue weighted by molar-refractivity contribution is 0.00637. The van der Waals surface area contributed by atoms with Crippen molar-refractivity contribution in [3.8, 4) is 16.9 Å². The zero-order valence-electron chi connectivity index (χ0n) is 33.0. The Kier molecular flexibility index (Phi) is 11.3. The van der Waals surface area contributed by atoms with E-state index in [4.69, 9.17) is 18.9 Å². The van der Waals surface area contributed by atoms with E-state index < -0.39 is 19.9 Å². The number of esters is 1. The number of carbonyl (C=O) groups excluding carboxylic acids is 2.